The lowest BCUT2D eigenvalue weighted by Crippen LogP contribution is -2.66. The number of thiazole rings is 1. The second-order valence-electron chi connectivity index (χ2n) is 11.9. The number of carbonyl (C=O) groups excluding carboxylic acids is 4. The zero-order valence-corrected chi connectivity index (χ0v) is 28.6. The van der Waals surface area contributed by atoms with Crippen LogP contribution in [-0.2, 0) is 33.9 Å². The average Bonchev–Trinajstić information content (AvgIpc) is 3.64. The van der Waals surface area contributed by atoms with Crippen molar-refractivity contribution in [3.05, 3.63) is 81.3 Å². The van der Waals surface area contributed by atoms with Gasteiger partial charge in [-0.1, -0.05) is 58.8 Å². The SMILES string of the molecule is N#CCN(C(=O)NCc1ccc(Cl)c(Cl)c1)N1CC(=O)N2[C@@H](Cc3ccc4c(c3)NC(=O)CO4)C(=O)N(Cc3cccc4sc(N)nc34)C[C@@H]21. The Morgan fingerprint density at radius 3 is 2.76 bits per heavy atom. The number of nitrogens with zero attached hydrogens (tertiary/aromatic N) is 6. The molecule has 2 fully saturated rings. The molecule has 50 heavy (non-hydrogen) atoms. The summed E-state index contributed by atoms with van der Waals surface area (Å²) in [4.78, 5) is 61.4. The number of piperazine rings is 1. The predicted octanol–water partition coefficient (Wildman–Crippen LogP) is 3.59. The average molecular weight is 735 g/mol. The molecular formula is C33H29Cl2N9O5S. The molecule has 2 saturated heterocycles. The number of nitriles is 1. The first kappa shape index (κ1) is 33.4. The number of hydrazine groups is 1. The number of fused-ring (bicyclic) bond motifs is 3. The topological polar surface area (TPSA) is 177 Å². The molecule has 0 aliphatic carbocycles. The molecule has 17 heteroatoms. The number of halogens is 2. The summed E-state index contributed by atoms with van der Waals surface area (Å²) in [6, 6.07) is 16.3. The Kier molecular flexibility index (Phi) is 9.10. The summed E-state index contributed by atoms with van der Waals surface area (Å²) in [5.74, 6) is -0.476. The molecule has 0 radical (unpaired) electrons. The van der Waals surface area contributed by atoms with Crippen molar-refractivity contribution in [2.45, 2.75) is 31.7 Å². The summed E-state index contributed by atoms with van der Waals surface area (Å²) >= 11 is 13.5. The van der Waals surface area contributed by atoms with E-state index in [-0.39, 0.29) is 63.5 Å². The van der Waals surface area contributed by atoms with Gasteiger partial charge in [0.25, 0.3) is 5.91 Å². The smallest absolute Gasteiger partial charge is 0.333 e. The highest BCUT2D eigenvalue weighted by Gasteiger charge is 2.52. The highest BCUT2D eigenvalue weighted by molar-refractivity contribution is 7.22. The molecule has 2 atom stereocenters. The number of anilines is 2. The lowest BCUT2D eigenvalue weighted by molar-refractivity contribution is -0.157. The van der Waals surface area contributed by atoms with E-state index in [0.29, 0.717) is 43.3 Å². The first-order chi connectivity index (χ1) is 24.1. The highest BCUT2D eigenvalue weighted by atomic mass is 35.5. The first-order valence-corrected chi connectivity index (χ1v) is 17.1. The Bertz CT molecular complexity index is 2090. The van der Waals surface area contributed by atoms with Gasteiger partial charge in [0, 0.05) is 19.5 Å². The minimum Gasteiger partial charge on any atom is -0.482 e. The van der Waals surface area contributed by atoms with Crippen LogP contribution < -0.4 is 21.1 Å². The van der Waals surface area contributed by atoms with Crippen LogP contribution in [0.3, 0.4) is 0 Å². The number of benzene rings is 3. The van der Waals surface area contributed by atoms with Crippen molar-refractivity contribution in [2.75, 3.05) is 37.3 Å². The summed E-state index contributed by atoms with van der Waals surface area (Å²) in [5, 5.41) is 19.2. The van der Waals surface area contributed by atoms with Crippen molar-refractivity contribution in [2.24, 2.45) is 0 Å². The van der Waals surface area contributed by atoms with Crippen LogP contribution in [-0.4, -0.2) is 87.0 Å². The third-order valence-electron chi connectivity index (χ3n) is 8.75. The molecular weight excluding hydrogens is 705 g/mol. The molecule has 4 N–H and O–H groups in total. The van der Waals surface area contributed by atoms with Crippen molar-refractivity contribution < 1.29 is 23.9 Å². The number of aromatic nitrogens is 1. The van der Waals surface area contributed by atoms with E-state index in [9.17, 15) is 24.4 Å². The Balaban J connectivity index is 1.20. The number of amides is 5. The molecule has 3 aliphatic heterocycles. The molecule has 1 aromatic heterocycles. The van der Waals surface area contributed by atoms with E-state index in [1.54, 1.807) is 41.3 Å². The Morgan fingerprint density at radius 1 is 1.14 bits per heavy atom. The van der Waals surface area contributed by atoms with Crippen molar-refractivity contribution in [3.8, 4) is 11.8 Å². The number of rotatable bonds is 8. The summed E-state index contributed by atoms with van der Waals surface area (Å²) in [6.45, 7) is -0.396. The van der Waals surface area contributed by atoms with E-state index in [4.69, 9.17) is 33.7 Å². The van der Waals surface area contributed by atoms with Crippen LogP contribution in [0.4, 0.5) is 15.6 Å². The van der Waals surface area contributed by atoms with Crippen molar-refractivity contribution in [1.29, 1.82) is 5.26 Å². The lowest BCUT2D eigenvalue weighted by Gasteiger charge is -2.46. The number of urea groups is 1. The molecule has 4 aromatic rings. The Labute approximate surface area is 299 Å². The van der Waals surface area contributed by atoms with Crippen molar-refractivity contribution in [3.63, 3.8) is 0 Å². The quantitative estimate of drug-likeness (QED) is 0.229. The van der Waals surface area contributed by atoms with Crippen LogP contribution in [0.5, 0.6) is 5.75 Å². The van der Waals surface area contributed by atoms with Gasteiger partial charge in [0.2, 0.25) is 11.8 Å². The Hall–Kier alpha value is -5.14. The predicted molar refractivity (Wildman–Crippen MR) is 186 cm³/mol. The van der Waals surface area contributed by atoms with Crippen LogP contribution in [0.2, 0.25) is 10.0 Å². The summed E-state index contributed by atoms with van der Waals surface area (Å²) in [5.41, 5.74) is 9.30. The van der Waals surface area contributed by atoms with Gasteiger partial charge < -0.3 is 30.9 Å². The van der Waals surface area contributed by atoms with E-state index in [2.05, 4.69) is 15.6 Å². The van der Waals surface area contributed by atoms with Gasteiger partial charge in [-0.05, 0) is 47.0 Å². The normalized spacial score (nSPS) is 18.7. The molecule has 4 heterocycles. The third-order valence-corrected chi connectivity index (χ3v) is 10.3. The van der Waals surface area contributed by atoms with Gasteiger partial charge in [-0.25, -0.2) is 14.8 Å². The van der Waals surface area contributed by atoms with Crippen LogP contribution in [0.25, 0.3) is 10.2 Å². The summed E-state index contributed by atoms with van der Waals surface area (Å²) < 4.78 is 6.37. The maximum Gasteiger partial charge on any atom is 0.333 e. The van der Waals surface area contributed by atoms with E-state index < -0.39 is 18.2 Å². The number of hydrogen-bond donors (Lipinski definition) is 3. The van der Waals surface area contributed by atoms with Crippen LogP contribution >= 0.6 is 34.5 Å². The maximum absolute atomic E-state index is 14.4. The third kappa shape index (κ3) is 6.46. The molecule has 0 unspecified atom stereocenters. The van der Waals surface area contributed by atoms with Gasteiger partial charge in [0.15, 0.2) is 11.7 Å². The van der Waals surface area contributed by atoms with Crippen molar-refractivity contribution >= 4 is 79.3 Å². The van der Waals surface area contributed by atoms with E-state index in [1.165, 1.54) is 26.3 Å². The van der Waals surface area contributed by atoms with Crippen LogP contribution in [0.15, 0.2) is 54.6 Å². The minimum absolute atomic E-state index is 0.0488. The van der Waals surface area contributed by atoms with Gasteiger partial charge in [-0.15, -0.1) is 0 Å². The fourth-order valence-electron chi connectivity index (χ4n) is 6.49. The molecule has 7 rings (SSSR count). The largest absolute Gasteiger partial charge is 0.482 e. The van der Waals surface area contributed by atoms with Gasteiger partial charge >= 0.3 is 6.03 Å². The fourth-order valence-corrected chi connectivity index (χ4v) is 7.59. The zero-order chi connectivity index (χ0) is 35.1. The number of nitrogens with two attached hydrogens (primary N) is 1. The van der Waals surface area contributed by atoms with Crippen LogP contribution in [0.1, 0.15) is 16.7 Å². The molecule has 3 aliphatic rings. The van der Waals surface area contributed by atoms with Crippen molar-refractivity contribution in [1.82, 2.24) is 30.1 Å². The lowest BCUT2D eigenvalue weighted by atomic mass is 9.99. The number of hydrogen-bond acceptors (Lipinski definition) is 10. The van der Waals surface area contributed by atoms with Gasteiger partial charge in [-0.2, -0.15) is 10.3 Å². The van der Waals surface area contributed by atoms with E-state index in [0.717, 1.165) is 10.3 Å². The van der Waals surface area contributed by atoms with Gasteiger partial charge in [0.05, 0.1) is 45.1 Å². The molecule has 256 valence electrons. The molecule has 0 saturated carbocycles. The van der Waals surface area contributed by atoms with Gasteiger partial charge in [-0.3, -0.25) is 14.4 Å². The maximum atomic E-state index is 14.4. The van der Waals surface area contributed by atoms with E-state index >= 15 is 0 Å². The monoisotopic (exact) mass is 733 g/mol. The first-order valence-electron chi connectivity index (χ1n) is 15.5. The summed E-state index contributed by atoms with van der Waals surface area (Å²) in [7, 11) is 0. The van der Waals surface area contributed by atoms with Gasteiger partial charge in [0.1, 0.15) is 24.5 Å². The fraction of sp³-hybridized carbons (Fsp3) is 0.273. The molecule has 5 amide bonds. The highest BCUT2D eigenvalue weighted by Crippen LogP contribution is 2.34. The Morgan fingerprint density at radius 2 is 1.96 bits per heavy atom. The molecule has 0 bridgehead atoms. The van der Waals surface area contributed by atoms with Crippen LogP contribution in [0, 0.1) is 11.3 Å². The molecule has 3 aromatic carbocycles. The second kappa shape index (κ2) is 13.6. The standard InChI is InChI=1S/C33H29Cl2N9O5S/c34-21-6-4-19(10-22(21)35)13-38-33(48)42(9-8-36)43-16-29(46)44-24(12-18-5-7-25-23(11-18)39-27(45)17-49-25)31(47)41(15-28(43)44)14-20-2-1-3-26-30(20)40-32(37)50-26/h1-7,10-11,24,28H,9,12-17H2,(H2,37,40)(H,38,48)(H,39,45)/t24-,28+/m0/s1. The number of ether oxygens (including phenoxy) is 1. The minimum atomic E-state index is -0.965. The zero-order valence-electron chi connectivity index (χ0n) is 26.3. The number of nitrogen functional groups attached to an aromatic ring is 1. The number of para-hydroxylation sites is 1. The number of carbonyl (C=O) groups is 4. The summed E-state index contributed by atoms with van der Waals surface area (Å²) in [6.07, 6.45) is -0.667. The van der Waals surface area contributed by atoms with E-state index in [1.807, 2.05) is 24.3 Å². The number of nitrogens with one attached hydrogen (secondary N) is 2. The molecule has 14 nitrogen and oxygen atoms in total. The molecule has 0 spiro atoms. The second-order valence-corrected chi connectivity index (χ2v) is 13.8.